The van der Waals surface area contributed by atoms with Crippen LogP contribution in [0.5, 0.6) is 0 Å². The first-order valence-corrected chi connectivity index (χ1v) is 4.36. The minimum absolute atomic E-state index is 0. The fourth-order valence-electron chi connectivity index (χ4n) is 0.247. The zero-order valence-electron chi connectivity index (χ0n) is 4.95. The van der Waals surface area contributed by atoms with Gasteiger partial charge in [-0.25, -0.2) is 0 Å². The smallest absolute Gasteiger partial charge is 0.264 e. The number of thiol groups is 1. The van der Waals surface area contributed by atoms with Crippen LogP contribution in [0.25, 0.3) is 0 Å². The normalized spacial score (nSPS) is 10.4. The molecule has 4 nitrogen and oxygen atoms in total. The molecule has 0 saturated heterocycles. The first kappa shape index (κ1) is 12.0. The molecule has 0 aromatic heterocycles. The van der Waals surface area contributed by atoms with Crippen LogP contribution in [0.3, 0.4) is 0 Å². The molecule has 0 bridgehead atoms. The number of rotatable bonds is 3. The Labute approximate surface area is 60.4 Å². The Bertz CT molecular complexity index is 141. The van der Waals surface area contributed by atoms with Crippen molar-refractivity contribution in [1.29, 1.82) is 0 Å². The van der Waals surface area contributed by atoms with Gasteiger partial charge in [0.15, 0.2) is 0 Å². The third-order valence-electron chi connectivity index (χ3n) is 0.560. The third kappa shape index (κ3) is 11.7. The Balaban J connectivity index is 0. The summed E-state index contributed by atoms with van der Waals surface area (Å²) in [6, 6.07) is 0. The molecule has 58 valence electrons. The van der Waals surface area contributed by atoms with Gasteiger partial charge in [0.25, 0.3) is 10.1 Å². The molecule has 0 heterocycles. The average molecular weight is 173 g/mol. The van der Waals surface area contributed by atoms with E-state index in [0.29, 0.717) is 12.2 Å². The van der Waals surface area contributed by atoms with Crippen molar-refractivity contribution < 1.29 is 13.0 Å². The standard InChI is InChI=1S/C3H8O3S2.H3N/c4-8(5,6)3-1-2-7;/h7H,1-3H2,(H,4,5,6);1H3. The summed E-state index contributed by atoms with van der Waals surface area (Å²) in [4.78, 5) is 0. The topological polar surface area (TPSA) is 89.4 Å². The molecule has 0 spiro atoms. The molecule has 0 atom stereocenters. The Hall–Kier alpha value is 0.220. The van der Waals surface area contributed by atoms with Crippen LogP contribution in [0.1, 0.15) is 6.42 Å². The van der Waals surface area contributed by atoms with Gasteiger partial charge in [-0.05, 0) is 12.2 Å². The first-order chi connectivity index (χ1) is 3.56. The Kier molecular flexibility index (Phi) is 6.69. The molecule has 9 heavy (non-hydrogen) atoms. The van der Waals surface area contributed by atoms with E-state index < -0.39 is 10.1 Å². The maximum Gasteiger partial charge on any atom is 0.264 e. The summed E-state index contributed by atoms with van der Waals surface area (Å²) in [7, 11) is -3.74. The van der Waals surface area contributed by atoms with Gasteiger partial charge in [0.1, 0.15) is 0 Å². The van der Waals surface area contributed by atoms with Gasteiger partial charge in [-0.2, -0.15) is 21.0 Å². The van der Waals surface area contributed by atoms with Crippen molar-refractivity contribution in [1.82, 2.24) is 6.15 Å². The maximum atomic E-state index is 9.91. The zero-order chi connectivity index (χ0) is 6.62. The van der Waals surface area contributed by atoms with Crippen LogP contribution in [0.15, 0.2) is 0 Å². The number of hydrogen-bond donors (Lipinski definition) is 3. The van der Waals surface area contributed by atoms with E-state index in [1.54, 1.807) is 0 Å². The van der Waals surface area contributed by atoms with Crippen LogP contribution >= 0.6 is 12.6 Å². The highest BCUT2D eigenvalue weighted by atomic mass is 32.2. The van der Waals surface area contributed by atoms with Crippen molar-refractivity contribution in [3.8, 4) is 0 Å². The van der Waals surface area contributed by atoms with Gasteiger partial charge in [-0.15, -0.1) is 0 Å². The summed E-state index contributed by atoms with van der Waals surface area (Å²) in [5, 5.41) is 0. The zero-order valence-corrected chi connectivity index (χ0v) is 6.66. The maximum absolute atomic E-state index is 9.91. The van der Waals surface area contributed by atoms with Crippen molar-refractivity contribution >= 4 is 22.7 Å². The minimum Gasteiger partial charge on any atom is -0.344 e. The summed E-state index contributed by atoms with van der Waals surface area (Å²) in [5.41, 5.74) is 0. The first-order valence-electron chi connectivity index (χ1n) is 2.12. The second-order valence-electron chi connectivity index (χ2n) is 1.36. The Morgan fingerprint density at radius 2 is 1.89 bits per heavy atom. The Morgan fingerprint density at radius 1 is 1.44 bits per heavy atom. The molecule has 6 heteroatoms. The lowest BCUT2D eigenvalue weighted by Crippen LogP contribution is -2.03. The highest BCUT2D eigenvalue weighted by Gasteiger charge is 2.00. The molecule has 0 aliphatic rings. The molecule has 0 aromatic rings. The molecule has 0 fully saturated rings. The SMILES string of the molecule is N.O=S(=O)(O)CCCS. The van der Waals surface area contributed by atoms with E-state index in [2.05, 4.69) is 12.6 Å². The van der Waals surface area contributed by atoms with Crippen molar-refractivity contribution in [2.75, 3.05) is 11.5 Å². The van der Waals surface area contributed by atoms with E-state index in [4.69, 9.17) is 4.55 Å². The van der Waals surface area contributed by atoms with Crippen LogP contribution in [0.2, 0.25) is 0 Å². The lowest BCUT2D eigenvalue weighted by atomic mass is 10.6. The molecule has 0 amide bonds. The van der Waals surface area contributed by atoms with E-state index >= 15 is 0 Å². The molecule has 4 N–H and O–H groups in total. The van der Waals surface area contributed by atoms with Crippen LogP contribution in [0, 0.1) is 0 Å². The lowest BCUT2D eigenvalue weighted by molar-refractivity contribution is 0.482. The predicted molar refractivity (Wildman–Crippen MR) is 39.9 cm³/mol. The Morgan fingerprint density at radius 3 is 2.00 bits per heavy atom. The summed E-state index contributed by atoms with van der Waals surface area (Å²) >= 11 is 3.76. The van der Waals surface area contributed by atoms with E-state index in [-0.39, 0.29) is 11.9 Å². The molecule has 0 rings (SSSR count). The average Bonchev–Trinajstić information content (AvgIpc) is 1.59. The predicted octanol–water partition coefficient (Wildman–Crippen LogP) is 0.356. The van der Waals surface area contributed by atoms with E-state index in [1.807, 2.05) is 0 Å². The van der Waals surface area contributed by atoms with E-state index in [1.165, 1.54) is 0 Å². The van der Waals surface area contributed by atoms with Gasteiger partial charge < -0.3 is 6.15 Å². The van der Waals surface area contributed by atoms with Crippen LogP contribution < -0.4 is 6.15 Å². The molecule has 0 aliphatic heterocycles. The molecular weight excluding hydrogens is 162 g/mol. The highest BCUT2D eigenvalue weighted by molar-refractivity contribution is 7.85. The second-order valence-corrected chi connectivity index (χ2v) is 3.38. The van der Waals surface area contributed by atoms with Gasteiger partial charge in [-0.1, -0.05) is 0 Å². The molecule has 0 saturated carbocycles. The lowest BCUT2D eigenvalue weighted by Gasteiger charge is -1.89. The largest absolute Gasteiger partial charge is 0.344 e. The fourth-order valence-corrected chi connectivity index (χ4v) is 1.13. The van der Waals surface area contributed by atoms with Crippen molar-refractivity contribution in [2.24, 2.45) is 0 Å². The monoisotopic (exact) mass is 173 g/mol. The molecule has 0 aromatic carbocycles. The van der Waals surface area contributed by atoms with Crippen molar-refractivity contribution in [3.05, 3.63) is 0 Å². The van der Waals surface area contributed by atoms with Crippen molar-refractivity contribution in [3.63, 3.8) is 0 Å². The summed E-state index contributed by atoms with van der Waals surface area (Å²) in [5.74, 6) is 0.302. The quantitative estimate of drug-likeness (QED) is 0.424. The van der Waals surface area contributed by atoms with Gasteiger partial charge >= 0.3 is 0 Å². The van der Waals surface area contributed by atoms with Gasteiger partial charge in [-0.3, -0.25) is 4.55 Å². The van der Waals surface area contributed by atoms with Crippen molar-refractivity contribution in [2.45, 2.75) is 6.42 Å². The summed E-state index contributed by atoms with van der Waals surface area (Å²) in [6.45, 7) is 0. The van der Waals surface area contributed by atoms with Gasteiger partial charge in [0.2, 0.25) is 0 Å². The third-order valence-corrected chi connectivity index (χ3v) is 1.68. The molecule has 0 aliphatic carbocycles. The summed E-state index contributed by atoms with van der Waals surface area (Å²) in [6.07, 6.45) is 0.405. The van der Waals surface area contributed by atoms with Crippen LogP contribution in [0.4, 0.5) is 0 Å². The molecule has 0 unspecified atom stereocenters. The van der Waals surface area contributed by atoms with Gasteiger partial charge in [0.05, 0.1) is 5.75 Å². The van der Waals surface area contributed by atoms with Crippen LogP contribution in [-0.2, 0) is 10.1 Å². The van der Waals surface area contributed by atoms with Gasteiger partial charge in [0, 0.05) is 0 Å². The highest BCUT2D eigenvalue weighted by Crippen LogP contribution is 1.88. The molecule has 0 radical (unpaired) electrons. The fraction of sp³-hybridized carbons (Fsp3) is 1.00. The second kappa shape index (κ2) is 5.04. The minimum atomic E-state index is -3.74. The van der Waals surface area contributed by atoms with Crippen LogP contribution in [-0.4, -0.2) is 24.5 Å². The number of hydrogen-bond acceptors (Lipinski definition) is 4. The van der Waals surface area contributed by atoms with E-state index in [9.17, 15) is 8.42 Å². The van der Waals surface area contributed by atoms with E-state index in [0.717, 1.165) is 0 Å². The summed E-state index contributed by atoms with van der Waals surface area (Å²) < 4.78 is 27.9. The molecular formula is C3H11NO3S2.